The first kappa shape index (κ1) is 32.3. The van der Waals surface area contributed by atoms with Gasteiger partial charge >= 0.3 is 12.1 Å². The maximum atomic E-state index is 13.5. The number of carboxylic acid groups (broad SMARTS) is 1. The molecule has 4 atom stereocenters. The fraction of sp³-hybridized carbons (Fsp3) is 0.600. The van der Waals surface area contributed by atoms with E-state index in [9.17, 15) is 37.5 Å². The molecule has 0 radical (unpaired) electrons. The fourth-order valence-electron chi connectivity index (χ4n) is 4.77. The molecule has 14 heteroatoms. The first-order valence-corrected chi connectivity index (χ1v) is 12.7. The minimum Gasteiger partial charge on any atom is -0.481 e. The summed E-state index contributed by atoms with van der Waals surface area (Å²) in [6.07, 6.45) is -6.54. The summed E-state index contributed by atoms with van der Waals surface area (Å²) in [5, 5.41) is 21.8. The number of nitrogens with two attached hydrogens (primary N) is 1. The maximum absolute atomic E-state index is 13.5. The second-order valence-corrected chi connectivity index (χ2v) is 10.4. The number of benzene rings is 1. The van der Waals surface area contributed by atoms with E-state index >= 15 is 0 Å². The molecule has 1 aromatic carbocycles. The van der Waals surface area contributed by atoms with Crippen molar-refractivity contribution in [3.63, 3.8) is 0 Å². The number of amides is 3. The molecular formula is C25H34ClF3N4O6. The average molecular weight is 579 g/mol. The zero-order valence-electron chi connectivity index (χ0n) is 21.7. The van der Waals surface area contributed by atoms with Crippen molar-refractivity contribution in [3.05, 3.63) is 34.9 Å². The Balaban J connectivity index is 2.45. The van der Waals surface area contributed by atoms with Gasteiger partial charge in [-0.2, -0.15) is 13.2 Å². The van der Waals surface area contributed by atoms with Gasteiger partial charge in [0.1, 0.15) is 6.04 Å². The predicted molar refractivity (Wildman–Crippen MR) is 136 cm³/mol. The number of hydrogen-bond donors (Lipinski definition) is 4. The van der Waals surface area contributed by atoms with E-state index in [-0.39, 0.29) is 19.5 Å². The molecule has 218 valence electrons. The lowest BCUT2D eigenvalue weighted by Crippen LogP contribution is -2.65. The number of alkyl halides is 3. The molecule has 0 saturated carbocycles. The van der Waals surface area contributed by atoms with E-state index in [1.807, 2.05) is 0 Å². The number of likely N-dealkylation sites (tertiary alicyclic amines) is 1. The summed E-state index contributed by atoms with van der Waals surface area (Å²) in [5.41, 5.74) is 5.12. The highest BCUT2D eigenvalue weighted by molar-refractivity contribution is 6.30. The standard InChI is InChI=1S/C25H34ClF3N4O6/c1-15(30)21(37)31-19(13-34)23(39)32(2)24(11-16-4-6-18(26)7-5-16)8-3-9-33(14-24)22(38)17(10-20(35)36)12-25(27,28)29/h4-7,15,17,19,34H,3,8-14,30H2,1-2H3,(H,31,37)(H,35,36)/t15?,17?,19?,24-/m1/s1. The van der Waals surface area contributed by atoms with E-state index in [1.54, 1.807) is 24.3 Å². The second-order valence-electron chi connectivity index (χ2n) is 9.93. The van der Waals surface area contributed by atoms with Gasteiger partial charge in [0, 0.05) is 25.2 Å². The molecule has 39 heavy (non-hydrogen) atoms. The molecule has 1 saturated heterocycles. The Labute approximate surface area is 229 Å². The highest BCUT2D eigenvalue weighted by Gasteiger charge is 2.46. The number of carbonyl (C=O) groups is 4. The molecule has 3 unspecified atom stereocenters. The third-order valence-electron chi connectivity index (χ3n) is 6.81. The van der Waals surface area contributed by atoms with Gasteiger partial charge in [-0.25, -0.2) is 0 Å². The van der Waals surface area contributed by atoms with Crippen LogP contribution >= 0.6 is 11.6 Å². The fourth-order valence-corrected chi connectivity index (χ4v) is 4.90. The second kappa shape index (κ2) is 13.4. The van der Waals surface area contributed by atoms with Crippen LogP contribution in [0.25, 0.3) is 0 Å². The van der Waals surface area contributed by atoms with Gasteiger partial charge in [-0.1, -0.05) is 23.7 Å². The predicted octanol–water partition coefficient (Wildman–Crippen LogP) is 1.57. The van der Waals surface area contributed by atoms with Crippen molar-refractivity contribution in [2.45, 2.75) is 62.8 Å². The van der Waals surface area contributed by atoms with Gasteiger partial charge in [-0.15, -0.1) is 0 Å². The Bertz CT molecular complexity index is 1040. The summed E-state index contributed by atoms with van der Waals surface area (Å²) in [5.74, 6) is -5.70. The molecule has 0 spiro atoms. The van der Waals surface area contributed by atoms with E-state index in [1.165, 1.54) is 18.9 Å². The van der Waals surface area contributed by atoms with Crippen LogP contribution in [0.5, 0.6) is 0 Å². The summed E-state index contributed by atoms with van der Waals surface area (Å²) >= 11 is 5.99. The van der Waals surface area contributed by atoms with Crippen molar-refractivity contribution in [2.24, 2.45) is 11.7 Å². The van der Waals surface area contributed by atoms with Crippen LogP contribution in [-0.4, -0.2) is 94.2 Å². The van der Waals surface area contributed by atoms with Crippen LogP contribution in [0.3, 0.4) is 0 Å². The van der Waals surface area contributed by atoms with Gasteiger partial charge in [0.05, 0.1) is 36.9 Å². The number of aliphatic hydroxyl groups is 1. The zero-order chi connectivity index (χ0) is 29.5. The molecule has 10 nitrogen and oxygen atoms in total. The minimum atomic E-state index is -4.76. The Kier molecular flexibility index (Phi) is 11.1. The van der Waals surface area contributed by atoms with Crippen molar-refractivity contribution in [1.29, 1.82) is 0 Å². The smallest absolute Gasteiger partial charge is 0.389 e. The molecule has 2 rings (SSSR count). The van der Waals surface area contributed by atoms with Gasteiger partial charge in [0.25, 0.3) is 0 Å². The van der Waals surface area contributed by atoms with Crippen molar-refractivity contribution in [2.75, 3.05) is 26.7 Å². The van der Waals surface area contributed by atoms with E-state index < -0.39 is 72.9 Å². The Morgan fingerprint density at radius 1 is 1.23 bits per heavy atom. The lowest BCUT2D eigenvalue weighted by atomic mass is 9.80. The number of hydrogen-bond acceptors (Lipinski definition) is 6. The van der Waals surface area contributed by atoms with Crippen LogP contribution in [-0.2, 0) is 25.6 Å². The number of nitrogens with one attached hydrogen (secondary N) is 1. The topological polar surface area (TPSA) is 153 Å². The van der Waals surface area contributed by atoms with Gasteiger partial charge < -0.3 is 31.1 Å². The summed E-state index contributed by atoms with van der Waals surface area (Å²) < 4.78 is 39.6. The van der Waals surface area contributed by atoms with Crippen molar-refractivity contribution >= 4 is 35.3 Å². The molecule has 5 N–H and O–H groups in total. The number of rotatable bonds is 11. The Morgan fingerprint density at radius 3 is 2.36 bits per heavy atom. The largest absolute Gasteiger partial charge is 0.481 e. The average Bonchev–Trinajstić information content (AvgIpc) is 2.85. The van der Waals surface area contributed by atoms with Crippen LogP contribution in [0.15, 0.2) is 24.3 Å². The molecule has 3 amide bonds. The van der Waals surface area contributed by atoms with E-state index in [2.05, 4.69) is 5.32 Å². The van der Waals surface area contributed by atoms with Crippen LogP contribution < -0.4 is 11.1 Å². The zero-order valence-corrected chi connectivity index (χ0v) is 22.5. The SMILES string of the molecule is CC(N)C(=O)NC(CO)C(=O)N(C)[C@@]1(Cc2ccc(Cl)cc2)CCCN(C(=O)C(CC(=O)O)CC(F)(F)F)C1. The lowest BCUT2D eigenvalue weighted by molar-refractivity contribution is -0.166. The third-order valence-corrected chi connectivity index (χ3v) is 7.07. The van der Waals surface area contributed by atoms with Crippen LogP contribution in [0.4, 0.5) is 13.2 Å². The van der Waals surface area contributed by atoms with E-state index in [0.717, 1.165) is 4.90 Å². The number of aliphatic hydroxyl groups excluding tert-OH is 1. The molecule has 1 heterocycles. The number of piperidine rings is 1. The number of nitrogens with zero attached hydrogens (tertiary/aromatic N) is 2. The molecule has 0 aliphatic carbocycles. The van der Waals surface area contributed by atoms with Gasteiger partial charge in [-0.05, 0) is 43.9 Å². The lowest BCUT2D eigenvalue weighted by Gasteiger charge is -2.49. The molecule has 1 aliphatic heterocycles. The van der Waals surface area contributed by atoms with Gasteiger partial charge in [0.2, 0.25) is 17.7 Å². The quantitative estimate of drug-likeness (QED) is 0.311. The molecule has 1 fully saturated rings. The number of aliphatic carboxylic acids is 1. The third kappa shape index (κ3) is 9.07. The van der Waals surface area contributed by atoms with Crippen LogP contribution in [0, 0.1) is 5.92 Å². The van der Waals surface area contributed by atoms with Crippen molar-refractivity contribution in [3.8, 4) is 0 Å². The number of carbonyl (C=O) groups excluding carboxylic acids is 3. The first-order valence-electron chi connectivity index (χ1n) is 12.3. The summed E-state index contributed by atoms with van der Waals surface area (Å²) in [7, 11) is 1.43. The highest BCUT2D eigenvalue weighted by Crippen LogP contribution is 2.34. The van der Waals surface area contributed by atoms with E-state index in [0.29, 0.717) is 23.4 Å². The molecule has 0 bridgehead atoms. The Hall–Kier alpha value is -2.90. The van der Waals surface area contributed by atoms with Crippen molar-refractivity contribution in [1.82, 2.24) is 15.1 Å². The summed E-state index contributed by atoms with van der Waals surface area (Å²) in [6, 6.07) is 4.37. The number of likely N-dealkylation sites (N-methyl/N-ethyl adjacent to an activating group) is 1. The monoisotopic (exact) mass is 578 g/mol. The molecule has 0 aromatic heterocycles. The molecule has 1 aromatic rings. The normalized spacial score (nSPS) is 20.1. The first-order chi connectivity index (χ1) is 18.1. The highest BCUT2D eigenvalue weighted by atomic mass is 35.5. The summed E-state index contributed by atoms with van der Waals surface area (Å²) in [6.45, 7) is 0.540. The summed E-state index contributed by atoms with van der Waals surface area (Å²) in [4.78, 5) is 52.5. The number of carboxylic acids is 1. The van der Waals surface area contributed by atoms with E-state index in [4.69, 9.17) is 22.4 Å². The minimum absolute atomic E-state index is 0.0715. The van der Waals surface area contributed by atoms with Gasteiger partial charge in [0.15, 0.2) is 0 Å². The maximum Gasteiger partial charge on any atom is 0.389 e. The number of halogens is 4. The van der Waals surface area contributed by atoms with Gasteiger partial charge in [-0.3, -0.25) is 19.2 Å². The Morgan fingerprint density at radius 2 is 1.85 bits per heavy atom. The molecular weight excluding hydrogens is 545 g/mol. The van der Waals surface area contributed by atoms with Crippen LogP contribution in [0.2, 0.25) is 5.02 Å². The van der Waals surface area contributed by atoms with Crippen molar-refractivity contribution < 1.29 is 42.6 Å². The molecule has 1 aliphatic rings. The van der Waals surface area contributed by atoms with Crippen LogP contribution in [0.1, 0.15) is 38.2 Å².